The van der Waals surface area contributed by atoms with Gasteiger partial charge in [0.2, 0.25) is 0 Å². The van der Waals surface area contributed by atoms with Gasteiger partial charge in [0.25, 0.3) is 0 Å². The number of unbranched alkanes of at least 4 members (excludes halogenated alkanes) is 4. The molecular formula is C15H30. The van der Waals surface area contributed by atoms with Crippen LogP contribution in [0.2, 0.25) is 0 Å². The van der Waals surface area contributed by atoms with Gasteiger partial charge in [0, 0.05) is 0 Å². The first-order valence-corrected chi connectivity index (χ1v) is 6.96. The summed E-state index contributed by atoms with van der Waals surface area (Å²) in [7, 11) is 0. The van der Waals surface area contributed by atoms with Crippen molar-refractivity contribution >= 4 is 0 Å². The summed E-state index contributed by atoms with van der Waals surface area (Å²) in [5.41, 5.74) is 0. The van der Waals surface area contributed by atoms with Gasteiger partial charge in [0.05, 0.1) is 0 Å². The monoisotopic (exact) mass is 210 g/mol. The van der Waals surface area contributed by atoms with Gasteiger partial charge in [-0.15, -0.1) is 0 Å². The fraction of sp³-hybridized carbons (Fsp3) is 0.867. The minimum atomic E-state index is 1.00. The van der Waals surface area contributed by atoms with E-state index < -0.39 is 0 Å². The molecule has 0 amide bonds. The maximum absolute atomic E-state index is 2.35. The number of hydrogen-bond donors (Lipinski definition) is 0. The van der Waals surface area contributed by atoms with Crippen molar-refractivity contribution in [2.75, 3.05) is 0 Å². The number of rotatable bonds is 10. The highest BCUT2D eigenvalue weighted by atomic mass is 14.1. The second kappa shape index (κ2) is 11.8. The lowest BCUT2D eigenvalue weighted by molar-refractivity contribution is 0.401. The summed E-state index contributed by atoms with van der Waals surface area (Å²) < 4.78 is 0. The van der Waals surface area contributed by atoms with Crippen molar-refractivity contribution in [3.05, 3.63) is 12.2 Å². The normalized spacial score (nSPS) is 13.5. The molecule has 90 valence electrons. The third-order valence-corrected chi connectivity index (χ3v) is 3.26. The van der Waals surface area contributed by atoms with Gasteiger partial charge in [-0.1, -0.05) is 70.9 Å². The molecule has 0 nitrogen and oxygen atoms in total. The standard InChI is InChI=1S/C15H30/c1-4-7-9-10-12-14-15(6-3)13-11-8-5-2/h4,7,15H,5-6,8-14H2,1-3H3. The van der Waals surface area contributed by atoms with Crippen LogP contribution in [0.4, 0.5) is 0 Å². The molecule has 1 atom stereocenters. The van der Waals surface area contributed by atoms with E-state index in [1.165, 1.54) is 57.8 Å². The molecule has 0 heteroatoms. The smallest absolute Gasteiger partial charge is 0.0351 e. The molecule has 0 aliphatic carbocycles. The third-order valence-electron chi connectivity index (χ3n) is 3.26. The van der Waals surface area contributed by atoms with E-state index in [0.29, 0.717) is 0 Å². The highest BCUT2D eigenvalue weighted by molar-refractivity contribution is 4.76. The van der Waals surface area contributed by atoms with Gasteiger partial charge in [0.15, 0.2) is 0 Å². The van der Waals surface area contributed by atoms with E-state index in [1.807, 2.05) is 0 Å². The molecule has 0 bridgehead atoms. The molecule has 0 heterocycles. The average molecular weight is 210 g/mol. The molecule has 0 aromatic heterocycles. The Balaban J connectivity index is 3.35. The Hall–Kier alpha value is -0.260. The lowest BCUT2D eigenvalue weighted by Crippen LogP contribution is -1.98. The van der Waals surface area contributed by atoms with Crippen LogP contribution in [0, 0.1) is 5.92 Å². The summed E-state index contributed by atoms with van der Waals surface area (Å²) >= 11 is 0. The fourth-order valence-electron chi connectivity index (χ4n) is 2.10. The van der Waals surface area contributed by atoms with Crippen LogP contribution in [-0.4, -0.2) is 0 Å². The largest absolute Gasteiger partial charge is 0.0917 e. The Morgan fingerprint density at radius 3 is 2.13 bits per heavy atom. The van der Waals surface area contributed by atoms with Gasteiger partial charge >= 0.3 is 0 Å². The van der Waals surface area contributed by atoms with Crippen LogP contribution in [0.15, 0.2) is 12.2 Å². The van der Waals surface area contributed by atoms with Crippen molar-refractivity contribution in [1.29, 1.82) is 0 Å². The van der Waals surface area contributed by atoms with E-state index in [0.717, 1.165) is 5.92 Å². The summed E-state index contributed by atoms with van der Waals surface area (Å²) in [6.45, 7) is 6.75. The molecule has 0 aliphatic heterocycles. The van der Waals surface area contributed by atoms with Gasteiger partial charge in [-0.25, -0.2) is 0 Å². The minimum Gasteiger partial charge on any atom is -0.0917 e. The van der Waals surface area contributed by atoms with Gasteiger partial charge < -0.3 is 0 Å². The highest BCUT2D eigenvalue weighted by Crippen LogP contribution is 2.20. The summed E-state index contributed by atoms with van der Waals surface area (Å²) in [5, 5.41) is 0. The van der Waals surface area contributed by atoms with Gasteiger partial charge in [-0.05, 0) is 25.7 Å². The van der Waals surface area contributed by atoms with E-state index in [4.69, 9.17) is 0 Å². The molecule has 0 saturated heterocycles. The zero-order chi connectivity index (χ0) is 11.4. The fourth-order valence-corrected chi connectivity index (χ4v) is 2.10. The summed E-state index contributed by atoms with van der Waals surface area (Å²) in [4.78, 5) is 0. The van der Waals surface area contributed by atoms with Crippen LogP contribution in [-0.2, 0) is 0 Å². The van der Waals surface area contributed by atoms with E-state index in [2.05, 4.69) is 32.9 Å². The molecule has 0 aromatic carbocycles. The molecule has 15 heavy (non-hydrogen) atoms. The van der Waals surface area contributed by atoms with Gasteiger partial charge in [0.1, 0.15) is 0 Å². The Labute approximate surface area is 97.2 Å². The SMILES string of the molecule is CC=CCCCCC(CC)CCCCC. The van der Waals surface area contributed by atoms with Crippen molar-refractivity contribution in [3.8, 4) is 0 Å². The van der Waals surface area contributed by atoms with Crippen LogP contribution < -0.4 is 0 Å². The molecular weight excluding hydrogens is 180 g/mol. The molecule has 0 N–H and O–H groups in total. The summed E-state index contributed by atoms with van der Waals surface area (Å²) in [6.07, 6.45) is 17.1. The summed E-state index contributed by atoms with van der Waals surface area (Å²) in [5.74, 6) is 1.00. The van der Waals surface area contributed by atoms with Gasteiger partial charge in [-0.3, -0.25) is 0 Å². The lowest BCUT2D eigenvalue weighted by atomic mass is 9.93. The van der Waals surface area contributed by atoms with Crippen molar-refractivity contribution in [2.24, 2.45) is 5.92 Å². The molecule has 0 fully saturated rings. The Morgan fingerprint density at radius 1 is 0.933 bits per heavy atom. The van der Waals surface area contributed by atoms with E-state index in [9.17, 15) is 0 Å². The first-order valence-electron chi connectivity index (χ1n) is 6.96. The van der Waals surface area contributed by atoms with Crippen LogP contribution in [0.3, 0.4) is 0 Å². The topological polar surface area (TPSA) is 0 Å². The molecule has 0 radical (unpaired) electrons. The highest BCUT2D eigenvalue weighted by Gasteiger charge is 2.04. The number of allylic oxidation sites excluding steroid dienone is 2. The van der Waals surface area contributed by atoms with Crippen molar-refractivity contribution in [3.63, 3.8) is 0 Å². The average Bonchev–Trinajstić information content (AvgIpc) is 2.26. The third kappa shape index (κ3) is 10.0. The lowest BCUT2D eigenvalue weighted by Gasteiger charge is -2.13. The molecule has 0 spiro atoms. The zero-order valence-electron chi connectivity index (χ0n) is 11.1. The zero-order valence-corrected chi connectivity index (χ0v) is 11.1. The summed E-state index contributed by atoms with van der Waals surface area (Å²) in [6, 6.07) is 0. The second-order valence-electron chi connectivity index (χ2n) is 4.62. The van der Waals surface area contributed by atoms with E-state index in [-0.39, 0.29) is 0 Å². The van der Waals surface area contributed by atoms with Crippen LogP contribution >= 0.6 is 0 Å². The molecule has 1 unspecified atom stereocenters. The minimum absolute atomic E-state index is 1.00. The molecule has 0 saturated carbocycles. The predicted molar refractivity (Wildman–Crippen MR) is 71.2 cm³/mol. The van der Waals surface area contributed by atoms with Crippen molar-refractivity contribution < 1.29 is 0 Å². The first kappa shape index (κ1) is 14.7. The van der Waals surface area contributed by atoms with Crippen molar-refractivity contribution in [2.45, 2.75) is 78.6 Å². The van der Waals surface area contributed by atoms with Crippen molar-refractivity contribution in [1.82, 2.24) is 0 Å². The second-order valence-corrected chi connectivity index (χ2v) is 4.62. The number of hydrogen-bond acceptors (Lipinski definition) is 0. The maximum atomic E-state index is 2.35. The van der Waals surface area contributed by atoms with E-state index >= 15 is 0 Å². The maximum Gasteiger partial charge on any atom is -0.0351 e. The van der Waals surface area contributed by atoms with Gasteiger partial charge in [-0.2, -0.15) is 0 Å². The van der Waals surface area contributed by atoms with Crippen LogP contribution in [0.5, 0.6) is 0 Å². The Morgan fingerprint density at radius 2 is 1.60 bits per heavy atom. The van der Waals surface area contributed by atoms with E-state index in [1.54, 1.807) is 0 Å². The van der Waals surface area contributed by atoms with Crippen LogP contribution in [0.25, 0.3) is 0 Å². The predicted octanol–water partition coefficient (Wildman–Crippen LogP) is 5.73. The molecule has 0 aromatic rings. The Kier molecular flexibility index (Phi) is 11.6. The first-order chi connectivity index (χ1) is 7.35. The Bertz CT molecular complexity index is 135. The molecule has 0 rings (SSSR count). The molecule has 0 aliphatic rings. The quantitative estimate of drug-likeness (QED) is 0.319. The van der Waals surface area contributed by atoms with Crippen LogP contribution in [0.1, 0.15) is 78.6 Å².